The van der Waals surface area contributed by atoms with Crippen molar-refractivity contribution >= 4 is 52.1 Å². The van der Waals surface area contributed by atoms with Crippen molar-refractivity contribution in [3.8, 4) is 0 Å². The topological polar surface area (TPSA) is 158 Å². The fourth-order valence-corrected chi connectivity index (χ4v) is 5.71. The quantitative estimate of drug-likeness (QED) is 0.434. The van der Waals surface area contributed by atoms with Crippen LogP contribution < -0.4 is 11.1 Å². The molecule has 2 saturated heterocycles. The normalized spacial score (nSPS) is 23.1. The minimum atomic E-state index is -1.28. The number of piperazine rings is 1. The number of carboxylic acids is 1. The molecule has 3 aliphatic rings. The molecule has 4 N–H and O–H groups in total. The number of thioether (sulfide) groups is 1. The van der Waals surface area contributed by atoms with E-state index in [1.807, 2.05) is 7.05 Å². The third kappa shape index (κ3) is 4.91. The molecule has 33 heavy (non-hydrogen) atoms. The molecule has 2 atom stereocenters. The van der Waals surface area contributed by atoms with Crippen molar-refractivity contribution in [1.82, 2.24) is 25.0 Å². The molecule has 4 heterocycles. The van der Waals surface area contributed by atoms with Crippen LogP contribution in [0.4, 0.5) is 9.93 Å². The van der Waals surface area contributed by atoms with Crippen LogP contribution in [-0.4, -0.2) is 106 Å². The number of nitrogens with two attached hydrogens (primary N) is 1. The molecule has 3 aliphatic heterocycles. The van der Waals surface area contributed by atoms with Crippen molar-refractivity contribution in [2.75, 3.05) is 51.3 Å². The molecule has 14 heteroatoms. The number of nitrogens with one attached hydrogen (secondary N) is 1. The molecule has 0 bridgehead atoms. The molecule has 0 aromatic carbocycles. The second-order valence-corrected chi connectivity index (χ2v) is 9.91. The first-order valence-corrected chi connectivity index (χ1v) is 12.2. The van der Waals surface area contributed by atoms with Crippen molar-refractivity contribution in [1.29, 1.82) is 0 Å². The Morgan fingerprint density at radius 2 is 2.03 bits per heavy atom. The number of amides is 3. The smallest absolute Gasteiger partial charge is 0.410 e. The van der Waals surface area contributed by atoms with Gasteiger partial charge in [-0.3, -0.25) is 14.5 Å². The highest BCUT2D eigenvalue weighted by atomic mass is 32.2. The summed E-state index contributed by atoms with van der Waals surface area (Å²) in [4.78, 5) is 58.2. The van der Waals surface area contributed by atoms with Crippen LogP contribution in [0.15, 0.2) is 16.7 Å². The number of rotatable bonds is 6. The Morgan fingerprint density at radius 1 is 1.30 bits per heavy atom. The van der Waals surface area contributed by atoms with Crippen molar-refractivity contribution < 1.29 is 29.0 Å². The van der Waals surface area contributed by atoms with Gasteiger partial charge in [0.1, 0.15) is 23.7 Å². The summed E-state index contributed by atoms with van der Waals surface area (Å²) in [7, 11) is 1.97. The summed E-state index contributed by atoms with van der Waals surface area (Å²) < 4.78 is 5.35. The summed E-state index contributed by atoms with van der Waals surface area (Å²) in [5.74, 6) is -1.92. The van der Waals surface area contributed by atoms with Gasteiger partial charge in [0.25, 0.3) is 5.91 Å². The first kappa shape index (κ1) is 23.3. The van der Waals surface area contributed by atoms with Gasteiger partial charge in [0.05, 0.1) is 12.1 Å². The van der Waals surface area contributed by atoms with Crippen LogP contribution in [0.3, 0.4) is 0 Å². The largest absolute Gasteiger partial charge is 0.477 e. The number of thiazole rings is 1. The Hall–Kier alpha value is -2.84. The lowest BCUT2D eigenvalue weighted by molar-refractivity contribution is -0.150. The van der Waals surface area contributed by atoms with E-state index in [-0.39, 0.29) is 24.5 Å². The number of anilines is 1. The Kier molecular flexibility index (Phi) is 6.76. The summed E-state index contributed by atoms with van der Waals surface area (Å²) in [6, 6.07) is -0.831. The number of β-lactam (4-membered cyclic amide) rings is 1. The van der Waals surface area contributed by atoms with E-state index in [1.165, 1.54) is 23.1 Å². The van der Waals surface area contributed by atoms with Crippen LogP contribution in [0, 0.1) is 0 Å². The molecule has 12 nitrogen and oxygen atoms in total. The number of hydrogen-bond acceptors (Lipinski definition) is 10. The van der Waals surface area contributed by atoms with Crippen molar-refractivity contribution in [2.24, 2.45) is 0 Å². The first-order valence-electron chi connectivity index (χ1n) is 10.2. The van der Waals surface area contributed by atoms with E-state index in [9.17, 15) is 24.3 Å². The molecule has 0 radical (unpaired) electrons. The fourth-order valence-electron chi connectivity index (χ4n) is 3.82. The number of nitrogen functional groups attached to an aromatic ring is 1. The molecule has 0 aliphatic carbocycles. The number of likely N-dealkylation sites (N-methyl/N-ethyl adjacent to an activating group) is 1. The van der Waals surface area contributed by atoms with E-state index in [0.717, 1.165) is 18.0 Å². The standard InChI is InChI=1S/C19H24N6O6S2/c1-23-2-4-24(5-3-23)19(30)31-7-10-8-32-16-13(15(27)25(16)14(10)17(28)29)22-12(26)6-11-9-33-18(20)21-11/h9,13,16H,2-8H2,1H3,(H2,20,21)(H,22,26)(H,28,29)/t13?,16-/m0/s1. The van der Waals surface area contributed by atoms with Gasteiger partial charge in [-0.15, -0.1) is 23.1 Å². The second-order valence-electron chi connectivity index (χ2n) is 7.91. The molecule has 178 valence electrons. The summed E-state index contributed by atoms with van der Waals surface area (Å²) in [6.45, 7) is 2.34. The molecule has 1 unspecified atom stereocenters. The number of aromatic nitrogens is 1. The Balaban J connectivity index is 1.37. The van der Waals surface area contributed by atoms with Crippen LogP contribution >= 0.6 is 23.1 Å². The predicted octanol–water partition coefficient (Wildman–Crippen LogP) is -0.610. The predicted molar refractivity (Wildman–Crippen MR) is 120 cm³/mol. The molecular weight excluding hydrogens is 472 g/mol. The number of ether oxygens (including phenoxy) is 1. The lowest BCUT2D eigenvalue weighted by atomic mass is 10.0. The maximum atomic E-state index is 12.7. The molecule has 0 saturated carbocycles. The monoisotopic (exact) mass is 496 g/mol. The highest BCUT2D eigenvalue weighted by Gasteiger charge is 2.54. The van der Waals surface area contributed by atoms with Crippen molar-refractivity contribution in [2.45, 2.75) is 17.8 Å². The number of carbonyl (C=O) groups excluding carboxylic acids is 3. The van der Waals surface area contributed by atoms with Crippen LogP contribution in [0.5, 0.6) is 0 Å². The van der Waals surface area contributed by atoms with Crippen molar-refractivity contribution in [3.05, 3.63) is 22.3 Å². The average molecular weight is 497 g/mol. The van der Waals surface area contributed by atoms with Gasteiger partial charge in [-0.05, 0) is 7.05 Å². The first-order chi connectivity index (χ1) is 15.7. The van der Waals surface area contributed by atoms with Gasteiger partial charge in [-0.1, -0.05) is 0 Å². The highest BCUT2D eigenvalue weighted by molar-refractivity contribution is 8.00. The molecule has 2 fully saturated rings. The van der Waals surface area contributed by atoms with Gasteiger partial charge >= 0.3 is 12.1 Å². The summed E-state index contributed by atoms with van der Waals surface area (Å²) in [5, 5.41) is 13.9. The number of carboxylic acid groups (broad SMARTS) is 1. The number of hydrogen-bond donors (Lipinski definition) is 3. The number of aliphatic carboxylic acids is 1. The van der Waals surface area contributed by atoms with Crippen LogP contribution in [-0.2, 0) is 25.5 Å². The third-order valence-electron chi connectivity index (χ3n) is 5.61. The minimum Gasteiger partial charge on any atom is -0.477 e. The highest BCUT2D eigenvalue weighted by Crippen LogP contribution is 2.40. The zero-order valence-corrected chi connectivity index (χ0v) is 19.5. The number of carbonyl (C=O) groups is 4. The maximum absolute atomic E-state index is 12.7. The molecule has 0 spiro atoms. The zero-order valence-electron chi connectivity index (χ0n) is 17.9. The van der Waals surface area contributed by atoms with E-state index in [1.54, 1.807) is 10.3 Å². The maximum Gasteiger partial charge on any atom is 0.410 e. The van der Waals surface area contributed by atoms with Gasteiger partial charge in [-0.25, -0.2) is 14.6 Å². The van der Waals surface area contributed by atoms with Crippen LogP contribution in [0.2, 0.25) is 0 Å². The van der Waals surface area contributed by atoms with Crippen LogP contribution in [0.25, 0.3) is 0 Å². The Labute approximate surface area is 197 Å². The van der Waals surface area contributed by atoms with Gasteiger partial charge in [0.2, 0.25) is 5.91 Å². The summed E-state index contributed by atoms with van der Waals surface area (Å²) in [5.41, 5.74) is 6.23. The number of nitrogens with zero attached hydrogens (tertiary/aromatic N) is 4. The fraction of sp³-hybridized carbons (Fsp3) is 0.526. The summed E-state index contributed by atoms with van der Waals surface area (Å²) >= 11 is 2.54. The average Bonchev–Trinajstić information content (AvgIpc) is 3.19. The third-order valence-corrected chi connectivity index (χ3v) is 7.67. The second kappa shape index (κ2) is 9.57. The molecule has 1 aromatic rings. The van der Waals surface area contributed by atoms with E-state index < -0.39 is 35.3 Å². The van der Waals surface area contributed by atoms with E-state index >= 15 is 0 Å². The van der Waals surface area contributed by atoms with E-state index in [0.29, 0.717) is 29.5 Å². The van der Waals surface area contributed by atoms with Gasteiger partial charge in [-0.2, -0.15) is 0 Å². The molecule has 3 amide bonds. The summed E-state index contributed by atoms with van der Waals surface area (Å²) in [6.07, 6.45) is -0.528. The van der Waals surface area contributed by atoms with Gasteiger partial charge < -0.3 is 30.7 Å². The van der Waals surface area contributed by atoms with Crippen molar-refractivity contribution in [3.63, 3.8) is 0 Å². The van der Waals surface area contributed by atoms with Gasteiger partial charge in [0.15, 0.2) is 5.13 Å². The molecule has 1 aromatic heterocycles. The molecule has 4 rings (SSSR count). The zero-order chi connectivity index (χ0) is 23.7. The Morgan fingerprint density at radius 3 is 2.67 bits per heavy atom. The van der Waals surface area contributed by atoms with Gasteiger partial charge in [0, 0.05) is 42.9 Å². The minimum absolute atomic E-state index is 0.0238. The Bertz CT molecular complexity index is 1000. The van der Waals surface area contributed by atoms with Crippen LogP contribution in [0.1, 0.15) is 5.69 Å². The van der Waals surface area contributed by atoms with E-state index in [4.69, 9.17) is 10.5 Å². The van der Waals surface area contributed by atoms with E-state index in [2.05, 4.69) is 15.2 Å². The molecular formula is C19H24N6O6S2. The lowest BCUT2D eigenvalue weighted by Crippen LogP contribution is -2.70. The lowest BCUT2D eigenvalue weighted by Gasteiger charge is -2.49. The SMILES string of the molecule is CN1CCN(C(=O)OCC2=C(C(=O)O)N3C(=O)C(NC(=O)Cc4csc(N)n4)[C@@H]3SC2)CC1. The number of fused-ring (bicyclic) bond motifs is 1.